The molecule has 0 atom stereocenters. The minimum absolute atomic E-state index is 0.0385. The molecule has 0 radical (unpaired) electrons. The molecule has 1 spiro atoms. The number of nitrogens with one attached hydrogen (secondary N) is 2. The fraction of sp³-hybridized carbons (Fsp3) is 0.263. The van der Waals surface area contributed by atoms with Crippen LogP contribution in [0.3, 0.4) is 0 Å². The van der Waals surface area contributed by atoms with E-state index in [-0.39, 0.29) is 16.7 Å². The summed E-state index contributed by atoms with van der Waals surface area (Å²) in [4.78, 5) is 27.0. The average molecular weight is 400 g/mol. The normalized spacial score (nSPS) is 18.2. The van der Waals surface area contributed by atoms with E-state index in [1.165, 1.54) is 24.3 Å². The molecule has 8 nitrogen and oxygen atoms in total. The number of para-hydroxylation sites is 2. The number of rotatable bonds is 2. The van der Waals surface area contributed by atoms with Gasteiger partial charge in [-0.2, -0.15) is 0 Å². The van der Waals surface area contributed by atoms with Gasteiger partial charge in [0.15, 0.2) is 0 Å². The van der Waals surface area contributed by atoms with Crippen LogP contribution in [-0.4, -0.2) is 43.8 Å². The highest BCUT2D eigenvalue weighted by molar-refractivity contribution is 7.89. The molecular weight excluding hydrogens is 380 g/mol. The van der Waals surface area contributed by atoms with Crippen LogP contribution in [0.15, 0.2) is 53.4 Å². The van der Waals surface area contributed by atoms with Crippen molar-refractivity contribution in [2.24, 2.45) is 5.14 Å². The number of primary sulfonamides is 1. The molecule has 2 amide bonds. The summed E-state index contributed by atoms with van der Waals surface area (Å²) in [5.41, 5.74) is 1.28. The average Bonchev–Trinajstić information content (AvgIpc) is 2.68. The van der Waals surface area contributed by atoms with E-state index in [1.807, 2.05) is 24.3 Å². The Kier molecular flexibility index (Phi) is 4.35. The van der Waals surface area contributed by atoms with Crippen LogP contribution in [0.5, 0.6) is 0 Å². The molecule has 4 rings (SSSR count). The minimum atomic E-state index is -3.80. The number of hydrogen-bond acceptors (Lipinski definition) is 5. The maximum atomic E-state index is 12.7. The van der Waals surface area contributed by atoms with Crippen molar-refractivity contribution in [3.8, 4) is 0 Å². The molecule has 4 N–H and O–H groups in total. The van der Waals surface area contributed by atoms with E-state index < -0.39 is 15.6 Å². The molecule has 2 aliphatic rings. The first-order chi connectivity index (χ1) is 13.3. The summed E-state index contributed by atoms with van der Waals surface area (Å²) in [6, 6.07) is 13.1. The van der Waals surface area contributed by atoms with Crippen molar-refractivity contribution in [1.82, 2.24) is 4.90 Å². The molecule has 0 saturated carbocycles. The molecule has 146 valence electrons. The van der Waals surface area contributed by atoms with Crippen LogP contribution in [-0.2, 0) is 14.8 Å². The van der Waals surface area contributed by atoms with Crippen LogP contribution >= 0.6 is 0 Å². The lowest BCUT2D eigenvalue weighted by Crippen LogP contribution is -2.59. The van der Waals surface area contributed by atoms with Gasteiger partial charge in [0, 0.05) is 18.7 Å². The van der Waals surface area contributed by atoms with E-state index >= 15 is 0 Å². The number of likely N-dealkylation sites (tertiary alicyclic amines) is 1. The predicted molar refractivity (Wildman–Crippen MR) is 104 cm³/mol. The van der Waals surface area contributed by atoms with E-state index in [2.05, 4.69) is 10.6 Å². The fourth-order valence-corrected chi connectivity index (χ4v) is 4.19. The van der Waals surface area contributed by atoms with E-state index in [1.54, 1.807) is 4.90 Å². The number of anilines is 2. The molecular formula is C19H20N4O4S. The van der Waals surface area contributed by atoms with E-state index in [0.717, 1.165) is 11.4 Å². The third-order valence-electron chi connectivity index (χ3n) is 5.32. The Morgan fingerprint density at radius 3 is 2.21 bits per heavy atom. The van der Waals surface area contributed by atoms with Crippen LogP contribution < -0.4 is 15.8 Å². The molecule has 0 bridgehead atoms. The molecule has 2 aliphatic heterocycles. The molecule has 0 unspecified atom stereocenters. The van der Waals surface area contributed by atoms with Crippen molar-refractivity contribution in [2.45, 2.75) is 23.3 Å². The van der Waals surface area contributed by atoms with Gasteiger partial charge in [0.2, 0.25) is 15.9 Å². The van der Waals surface area contributed by atoms with Crippen LogP contribution in [0, 0.1) is 0 Å². The quantitative estimate of drug-likeness (QED) is 0.703. The molecule has 2 aromatic rings. The molecule has 2 aromatic carbocycles. The second-order valence-corrected chi connectivity index (χ2v) is 8.63. The van der Waals surface area contributed by atoms with E-state index in [4.69, 9.17) is 5.14 Å². The lowest BCUT2D eigenvalue weighted by Gasteiger charge is -2.44. The summed E-state index contributed by atoms with van der Waals surface area (Å²) in [5, 5.41) is 11.4. The van der Waals surface area contributed by atoms with Crippen molar-refractivity contribution < 1.29 is 18.0 Å². The maximum absolute atomic E-state index is 12.7. The number of carbonyl (C=O) groups excluding carboxylic acids is 2. The van der Waals surface area contributed by atoms with Crippen LogP contribution in [0.4, 0.5) is 11.4 Å². The number of sulfonamides is 1. The van der Waals surface area contributed by atoms with Crippen molar-refractivity contribution in [2.75, 3.05) is 23.7 Å². The summed E-state index contributed by atoms with van der Waals surface area (Å²) in [7, 11) is -3.80. The molecule has 1 fully saturated rings. The van der Waals surface area contributed by atoms with Crippen molar-refractivity contribution in [3.63, 3.8) is 0 Å². The van der Waals surface area contributed by atoms with Crippen molar-refractivity contribution >= 4 is 33.2 Å². The zero-order valence-corrected chi connectivity index (χ0v) is 15.8. The molecule has 28 heavy (non-hydrogen) atoms. The standard InChI is InChI=1S/C19H20N4O4S/c20-28(26,27)14-7-5-13(6-8-14)17(24)23-11-9-19(10-12-23)18(25)21-15-3-1-2-4-16(15)22-19/h1-8,22H,9-12H2,(H,21,25)(H2,20,26,27). The number of amides is 2. The number of benzene rings is 2. The van der Waals surface area contributed by atoms with Crippen molar-refractivity contribution in [1.29, 1.82) is 0 Å². The van der Waals surface area contributed by atoms with Gasteiger partial charge < -0.3 is 15.5 Å². The molecule has 0 aromatic heterocycles. The van der Waals surface area contributed by atoms with Gasteiger partial charge in [0.1, 0.15) is 5.54 Å². The van der Waals surface area contributed by atoms with Gasteiger partial charge in [-0.15, -0.1) is 0 Å². The van der Waals surface area contributed by atoms with Crippen LogP contribution in [0.25, 0.3) is 0 Å². The number of nitrogens with zero attached hydrogens (tertiary/aromatic N) is 1. The smallest absolute Gasteiger partial charge is 0.253 e. The summed E-state index contributed by atoms with van der Waals surface area (Å²) in [6.45, 7) is 0.830. The third-order valence-corrected chi connectivity index (χ3v) is 6.25. The summed E-state index contributed by atoms with van der Waals surface area (Å²) in [5.74, 6) is -0.289. The highest BCUT2D eigenvalue weighted by atomic mass is 32.2. The number of nitrogens with two attached hydrogens (primary N) is 1. The van der Waals surface area contributed by atoms with Crippen LogP contribution in [0.1, 0.15) is 23.2 Å². The second kappa shape index (κ2) is 6.61. The summed E-state index contributed by atoms with van der Waals surface area (Å²) < 4.78 is 22.7. The minimum Gasteiger partial charge on any atom is -0.369 e. The zero-order chi connectivity index (χ0) is 19.9. The number of piperidine rings is 1. The van der Waals surface area contributed by atoms with Gasteiger partial charge in [0.25, 0.3) is 5.91 Å². The van der Waals surface area contributed by atoms with Gasteiger partial charge in [-0.05, 0) is 49.2 Å². The topological polar surface area (TPSA) is 122 Å². The Bertz CT molecular complexity index is 1040. The lowest BCUT2D eigenvalue weighted by molar-refractivity contribution is -0.122. The molecule has 0 aliphatic carbocycles. The van der Waals surface area contributed by atoms with Gasteiger partial charge in [-0.25, -0.2) is 13.6 Å². The highest BCUT2D eigenvalue weighted by Crippen LogP contribution is 2.36. The van der Waals surface area contributed by atoms with Crippen molar-refractivity contribution in [3.05, 3.63) is 54.1 Å². The Morgan fingerprint density at radius 1 is 1.00 bits per heavy atom. The molecule has 2 heterocycles. The zero-order valence-electron chi connectivity index (χ0n) is 15.0. The van der Waals surface area contributed by atoms with Gasteiger partial charge >= 0.3 is 0 Å². The monoisotopic (exact) mass is 400 g/mol. The Balaban J connectivity index is 1.47. The molecule has 1 saturated heterocycles. The molecule has 9 heteroatoms. The first-order valence-corrected chi connectivity index (χ1v) is 10.4. The van der Waals surface area contributed by atoms with Gasteiger partial charge in [-0.3, -0.25) is 9.59 Å². The van der Waals surface area contributed by atoms with E-state index in [0.29, 0.717) is 31.5 Å². The Morgan fingerprint density at radius 2 is 1.61 bits per heavy atom. The fourth-order valence-electron chi connectivity index (χ4n) is 3.67. The first kappa shape index (κ1) is 18.5. The number of fused-ring (bicyclic) bond motifs is 1. The second-order valence-electron chi connectivity index (χ2n) is 7.07. The van der Waals surface area contributed by atoms with Gasteiger partial charge in [0.05, 0.1) is 16.3 Å². The van der Waals surface area contributed by atoms with Gasteiger partial charge in [-0.1, -0.05) is 12.1 Å². The largest absolute Gasteiger partial charge is 0.369 e. The Labute approximate surface area is 162 Å². The lowest BCUT2D eigenvalue weighted by atomic mass is 9.84. The first-order valence-electron chi connectivity index (χ1n) is 8.89. The summed E-state index contributed by atoms with van der Waals surface area (Å²) >= 11 is 0. The SMILES string of the molecule is NS(=O)(=O)c1ccc(C(=O)N2CCC3(CC2)Nc2ccccc2NC3=O)cc1. The predicted octanol–water partition coefficient (Wildman–Crippen LogP) is 1.37. The highest BCUT2D eigenvalue weighted by Gasteiger charge is 2.45. The number of carbonyl (C=O) groups is 2. The number of hydrogen-bond donors (Lipinski definition) is 3. The Hall–Kier alpha value is -2.91. The third kappa shape index (κ3) is 3.23. The maximum Gasteiger partial charge on any atom is 0.253 e. The van der Waals surface area contributed by atoms with Crippen LogP contribution in [0.2, 0.25) is 0 Å². The summed E-state index contributed by atoms with van der Waals surface area (Å²) in [6.07, 6.45) is 0.961. The van der Waals surface area contributed by atoms with E-state index in [9.17, 15) is 18.0 Å².